The molecule has 104 valence electrons. The molecular weight excluding hydrogens is 224 g/mol. The number of hydrogen-bond donors (Lipinski definition) is 2. The summed E-state index contributed by atoms with van der Waals surface area (Å²) < 4.78 is 0. The van der Waals surface area contributed by atoms with E-state index in [1.165, 1.54) is 25.7 Å². The quantitative estimate of drug-likeness (QED) is 0.731. The second-order valence-electron chi connectivity index (χ2n) is 6.24. The van der Waals surface area contributed by atoms with Gasteiger partial charge in [-0.25, -0.2) is 0 Å². The predicted octanol–water partition coefficient (Wildman–Crippen LogP) is 2.45. The molecule has 0 saturated heterocycles. The molecule has 3 nitrogen and oxygen atoms in total. The van der Waals surface area contributed by atoms with E-state index in [4.69, 9.17) is 5.73 Å². The zero-order valence-electron chi connectivity index (χ0n) is 11.7. The van der Waals surface area contributed by atoms with Gasteiger partial charge in [0.15, 0.2) is 0 Å². The summed E-state index contributed by atoms with van der Waals surface area (Å²) in [6.45, 7) is 2.93. The Hall–Kier alpha value is -0.570. The highest BCUT2D eigenvalue weighted by molar-refractivity contribution is 5.76. The van der Waals surface area contributed by atoms with Gasteiger partial charge in [-0.05, 0) is 56.4 Å². The number of amides is 1. The standard InChI is InChI=1S/C15H28N2O/c1-2-11(7-8-16)4-6-15(18)17-14-10-12-3-5-13(14)9-12/h11-14H,2-10,16H2,1H3,(H,17,18). The Morgan fingerprint density at radius 1 is 1.33 bits per heavy atom. The molecule has 4 atom stereocenters. The van der Waals surface area contributed by atoms with Crippen LogP contribution in [0.15, 0.2) is 0 Å². The zero-order valence-corrected chi connectivity index (χ0v) is 11.7. The SMILES string of the molecule is CCC(CCN)CCC(=O)NC1CC2CCC1C2. The van der Waals surface area contributed by atoms with E-state index >= 15 is 0 Å². The van der Waals surface area contributed by atoms with Crippen molar-refractivity contribution in [3.63, 3.8) is 0 Å². The average molecular weight is 252 g/mol. The third-order valence-corrected chi connectivity index (χ3v) is 5.02. The molecule has 0 aromatic rings. The van der Waals surface area contributed by atoms with Crippen LogP contribution in [0.25, 0.3) is 0 Å². The number of carbonyl (C=O) groups is 1. The van der Waals surface area contributed by atoms with Crippen molar-refractivity contribution in [1.29, 1.82) is 0 Å². The summed E-state index contributed by atoms with van der Waals surface area (Å²) in [7, 11) is 0. The monoisotopic (exact) mass is 252 g/mol. The lowest BCUT2D eigenvalue weighted by Crippen LogP contribution is -2.38. The van der Waals surface area contributed by atoms with Crippen molar-refractivity contribution in [3.8, 4) is 0 Å². The average Bonchev–Trinajstić information content (AvgIpc) is 2.96. The Kier molecular flexibility index (Phi) is 5.04. The third kappa shape index (κ3) is 3.47. The maximum Gasteiger partial charge on any atom is 0.220 e. The minimum atomic E-state index is 0.267. The lowest BCUT2D eigenvalue weighted by Gasteiger charge is -2.23. The molecule has 2 saturated carbocycles. The molecule has 2 rings (SSSR count). The fourth-order valence-electron chi connectivity index (χ4n) is 3.82. The second-order valence-corrected chi connectivity index (χ2v) is 6.24. The summed E-state index contributed by atoms with van der Waals surface area (Å²) in [6, 6.07) is 0.492. The van der Waals surface area contributed by atoms with Gasteiger partial charge in [0.05, 0.1) is 0 Å². The van der Waals surface area contributed by atoms with E-state index in [1.807, 2.05) is 0 Å². The van der Waals surface area contributed by atoms with Crippen molar-refractivity contribution in [2.75, 3.05) is 6.54 Å². The van der Waals surface area contributed by atoms with Gasteiger partial charge in [-0.2, -0.15) is 0 Å². The van der Waals surface area contributed by atoms with E-state index in [2.05, 4.69) is 12.2 Å². The molecule has 2 aliphatic carbocycles. The van der Waals surface area contributed by atoms with Gasteiger partial charge in [-0.1, -0.05) is 19.8 Å². The third-order valence-electron chi connectivity index (χ3n) is 5.02. The summed E-state index contributed by atoms with van der Waals surface area (Å²) in [5.74, 6) is 2.58. The lowest BCUT2D eigenvalue weighted by molar-refractivity contribution is -0.122. The number of nitrogens with one attached hydrogen (secondary N) is 1. The zero-order chi connectivity index (χ0) is 13.0. The number of carbonyl (C=O) groups excluding carboxylic acids is 1. The minimum absolute atomic E-state index is 0.267. The first-order chi connectivity index (χ1) is 8.72. The summed E-state index contributed by atoms with van der Waals surface area (Å²) in [6.07, 6.45) is 9.20. The molecular formula is C15H28N2O. The maximum atomic E-state index is 12.0. The second kappa shape index (κ2) is 6.55. The fraction of sp³-hybridized carbons (Fsp3) is 0.933. The molecule has 0 aromatic carbocycles. The molecule has 1 amide bonds. The highest BCUT2D eigenvalue weighted by Crippen LogP contribution is 2.44. The van der Waals surface area contributed by atoms with Crippen LogP contribution < -0.4 is 11.1 Å². The summed E-state index contributed by atoms with van der Waals surface area (Å²) in [4.78, 5) is 12.0. The van der Waals surface area contributed by atoms with Gasteiger partial charge in [0.1, 0.15) is 0 Å². The molecule has 2 aliphatic rings. The number of fused-ring (bicyclic) bond motifs is 2. The van der Waals surface area contributed by atoms with Crippen LogP contribution in [0.4, 0.5) is 0 Å². The predicted molar refractivity (Wildman–Crippen MR) is 74.1 cm³/mol. The van der Waals surface area contributed by atoms with Crippen molar-refractivity contribution in [1.82, 2.24) is 5.32 Å². The molecule has 0 radical (unpaired) electrons. The molecule has 3 heteroatoms. The van der Waals surface area contributed by atoms with Crippen LogP contribution in [0.3, 0.4) is 0 Å². The topological polar surface area (TPSA) is 55.1 Å². The molecule has 2 bridgehead atoms. The van der Waals surface area contributed by atoms with Crippen LogP contribution in [-0.4, -0.2) is 18.5 Å². The van der Waals surface area contributed by atoms with Crippen molar-refractivity contribution >= 4 is 5.91 Å². The largest absolute Gasteiger partial charge is 0.353 e. The molecule has 0 spiro atoms. The van der Waals surface area contributed by atoms with E-state index in [-0.39, 0.29) is 5.91 Å². The highest BCUT2D eigenvalue weighted by atomic mass is 16.1. The summed E-state index contributed by atoms with van der Waals surface area (Å²) in [5.41, 5.74) is 5.58. The van der Waals surface area contributed by atoms with Crippen LogP contribution in [0.1, 0.15) is 58.3 Å². The van der Waals surface area contributed by atoms with Gasteiger partial charge in [-0.3, -0.25) is 4.79 Å². The van der Waals surface area contributed by atoms with Crippen LogP contribution in [-0.2, 0) is 4.79 Å². The fourth-order valence-corrected chi connectivity index (χ4v) is 3.82. The Morgan fingerprint density at radius 2 is 2.17 bits per heavy atom. The molecule has 4 unspecified atom stereocenters. The van der Waals surface area contributed by atoms with Crippen LogP contribution >= 0.6 is 0 Å². The number of nitrogens with two attached hydrogens (primary N) is 1. The maximum absolute atomic E-state index is 12.0. The first-order valence-electron chi connectivity index (χ1n) is 7.72. The van der Waals surface area contributed by atoms with Crippen molar-refractivity contribution in [2.24, 2.45) is 23.5 Å². The van der Waals surface area contributed by atoms with Crippen LogP contribution in [0.2, 0.25) is 0 Å². The van der Waals surface area contributed by atoms with E-state index < -0.39 is 0 Å². The first-order valence-corrected chi connectivity index (χ1v) is 7.72. The van der Waals surface area contributed by atoms with Gasteiger partial charge >= 0.3 is 0 Å². The smallest absolute Gasteiger partial charge is 0.220 e. The van der Waals surface area contributed by atoms with E-state index in [1.54, 1.807) is 0 Å². The van der Waals surface area contributed by atoms with E-state index in [9.17, 15) is 4.79 Å². The Balaban J connectivity index is 1.66. The van der Waals surface area contributed by atoms with Crippen molar-refractivity contribution < 1.29 is 4.79 Å². The van der Waals surface area contributed by atoms with Crippen LogP contribution in [0, 0.1) is 17.8 Å². The van der Waals surface area contributed by atoms with E-state index in [0.717, 1.165) is 37.6 Å². The van der Waals surface area contributed by atoms with Crippen molar-refractivity contribution in [2.45, 2.75) is 64.3 Å². The summed E-state index contributed by atoms with van der Waals surface area (Å²) in [5, 5.41) is 3.26. The van der Waals surface area contributed by atoms with Gasteiger partial charge < -0.3 is 11.1 Å². The molecule has 2 fully saturated rings. The van der Waals surface area contributed by atoms with E-state index in [0.29, 0.717) is 18.4 Å². The van der Waals surface area contributed by atoms with Gasteiger partial charge in [0.2, 0.25) is 5.91 Å². The van der Waals surface area contributed by atoms with Crippen molar-refractivity contribution in [3.05, 3.63) is 0 Å². The lowest BCUT2D eigenvalue weighted by atomic mass is 9.94. The molecule has 0 heterocycles. The Morgan fingerprint density at radius 3 is 2.72 bits per heavy atom. The molecule has 0 aliphatic heterocycles. The normalized spacial score (nSPS) is 31.6. The van der Waals surface area contributed by atoms with Gasteiger partial charge in [0, 0.05) is 12.5 Å². The Labute approximate surface area is 111 Å². The van der Waals surface area contributed by atoms with Gasteiger partial charge in [-0.15, -0.1) is 0 Å². The molecule has 3 N–H and O–H groups in total. The first kappa shape index (κ1) is 13.9. The number of rotatable bonds is 7. The summed E-state index contributed by atoms with van der Waals surface area (Å²) >= 11 is 0. The van der Waals surface area contributed by atoms with Crippen LogP contribution in [0.5, 0.6) is 0 Å². The number of hydrogen-bond acceptors (Lipinski definition) is 2. The van der Waals surface area contributed by atoms with Gasteiger partial charge in [0.25, 0.3) is 0 Å². The minimum Gasteiger partial charge on any atom is -0.353 e. The Bertz CT molecular complexity index is 280. The molecule has 0 aromatic heterocycles. The molecule has 18 heavy (non-hydrogen) atoms. The highest BCUT2D eigenvalue weighted by Gasteiger charge is 2.39.